The molecular weight excluding hydrogens is 294 g/mol. The van der Waals surface area contributed by atoms with Gasteiger partial charge in [-0.05, 0) is 32.4 Å². The summed E-state index contributed by atoms with van der Waals surface area (Å²) in [5.74, 6) is 0.498. The van der Waals surface area contributed by atoms with Gasteiger partial charge in [-0.2, -0.15) is 5.10 Å². The van der Waals surface area contributed by atoms with Gasteiger partial charge in [0.2, 0.25) is 0 Å². The molecule has 6 nitrogen and oxygen atoms in total. The first-order valence-corrected chi connectivity index (χ1v) is 6.53. The fourth-order valence-corrected chi connectivity index (χ4v) is 2.00. The Balaban J connectivity index is 2.32. The summed E-state index contributed by atoms with van der Waals surface area (Å²) in [6, 6.07) is 3.09. The molecule has 2 aromatic rings. The fraction of sp³-hybridized carbons (Fsp3) is 0.214. The van der Waals surface area contributed by atoms with Crippen molar-refractivity contribution in [3.63, 3.8) is 0 Å². The first kappa shape index (κ1) is 15.1. The molecule has 2 rings (SSSR count). The fourth-order valence-electron chi connectivity index (χ4n) is 1.74. The molecule has 0 atom stereocenters. The number of nitrogens with zero attached hydrogens (tertiary/aromatic N) is 2. The van der Waals surface area contributed by atoms with Crippen molar-refractivity contribution in [2.45, 2.75) is 20.8 Å². The average Bonchev–Trinajstić information content (AvgIpc) is 2.36. The summed E-state index contributed by atoms with van der Waals surface area (Å²) >= 11 is 6.02. The maximum Gasteiger partial charge on any atom is 0.348 e. The highest BCUT2D eigenvalue weighted by Crippen LogP contribution is 2.20. The highest BCUT2D eigenvalue weighted by atomic mass is 35.5. The first-order chi connectivity index (χ1) is 9.88. The first-order valence-electron chi connectivity index (χ1n) is 6.15. The van der Waals surface area contributed by atoms with Gasteiger partial charge in [0.15, 0.2) is 5.82 Å². The van der Waals surface area contributed by atoms with Crippen molar-refractivity contribution in [1.82, 2.24) is 4.98 Å². The van der Waals surface area contributed by atoms with Gasteiger partial charge in [0.1, 0.15) is 17.1 Å². The van der Waals surface area contributed by atoms with E-state index in [-0.39, 0.29) is 17.0 Å². The predicted molar refractivity (Wildman–Crippen MR) is 81.2 cm³/mol. The molecule has 0 saturated heterocycles. The van der Waals surface area contributed by atoms with E-state index in [0.717, 1.165) is 5.56 Å². The van der Waals surface area contributed by atoms with Crippen molar-refractivity contribution < 1.29 is 9.52 Å². The standard InChI is InChI=1S/C14H14ClN3O3/c1-7-4-10(15)13(16-6-7)18-17-9(3)12-11(19)5-8(2)21-14(12)20/h4-6,19H,1-3H3,(H,16,18). The summed E-state index contributed by atoms with van der Waals surface area (Å²) in [4.78, 5) is 15.8. The second kappa shape index (κ2) is 5.97. The van der Waals surface area contributed by atoms with E-state index in [0.29, 0.717) is 16.6 Å². The molecule has 0 amide bonds. The van der Waals surface area contributed by atoms with Crippen LogP contribution >= 0.6 is 11.6 Å². The van der Waals surface area contributed by atoms with E-state index >= 15 is 0 Å². The van der Waals surface area contributed by atoms with Crippen molar-refractivity contribution >= 4 is 23.1 Å². The molecule has 0 aliphatic heterocycles. The van der Waals surface area contributed by atoms with Crippen LogP contribution in [-0.4, -0.2) is 15.8 Å². The van der Waals surface area contributed by atoms with Crippen LogP contribution in [0.3, 0.4) is 0 Å². The number of aromatic hydroxyl groups is 1. The number of anilines is 1. The van der Waals surface area contributed by atoms with Gasteiger partial charge < -0.3 is 9.52 Å². The lowest BCUT2D eigenvalue weighted by Gasteiger charge is -2.06. The quantitative estimate of drug-likeness (QED) is 0.672. The van der Waals surface area contributed by atoms with Crippen LogP contribution in [0, 0.1) is 13.8 Å². The predicted octanol–water partition coefficient (Wildman–Crippen LogP) is 2.85. The van der Waals surface area contributed by atoms with Crippen molar-refractivity contribution in [3.8, 4) is 5.75 Å². The van der Waals surface area contributed by atoms with Gasteiger partial charge in [0.05, 0.1) is 10.7 Å². The maximum absolute atomic E-state index is 11.7. The van der Waals surface area contributed by atoms with E-state index in [4.69, 9.17) is 16.0 Å². The van der Waals surface area contributed by atoms with Crippen LogP contribution in [0.1, 0.15) is 23.8 Å². The normalized spacial score (nSPS) is 11.5. The molecule has 0 unspecified atom stereocenters. The minimum Gasteiger partial charge on any atom is -0.507 e. The van der Waals surface area contributed by atoms with Gasteiger partial charge in [0.25, 0.3) is 0 Å². The van der Waals surface area contributed by atoms with Crippen LogP contribution in [0.2, 0.25) is 5.02 Å². The van der Waals surface area contributed by atoms with Gasteiger partial charge in [-0.25, -0.2) is 9.78 Å². The topological polar surface area (TPSA) is 87.7 Å². The highest BCUT2D eigenvalue weighted by Gasteiger charge is 2.13. The third kappa shape index (κ3) is 3.41. The van der Waals surface area contributed by atoms with Crippen LogP contribution in [-0.2, 0) is 0 Å². The molecule has 0 aromatic carbocycles. The zero-order chi connectivity index (χ0) is 15.6. The molecule has 0 spiro atoms. The molecule has 0 fully saturated rings. The highest BCUT2D eigenvalue weighted by molar-refractivity contribution is 6.32. The Morgan fingerprint density at radius 1 is 1.43 bits per heavy atom. The lowest BCUT2D eigenvalue weighted by molar-refractivity contribution is 0.432. The number of nitrogens with one attached hydrogen (secondary N) is 1. The van der Waals surface area contributed by atoms with E-state index < -0.39 is 5.63 Å². The summed E-state index contributed by atoms with van der Waals surface area (Å²) in [5.41, 5.74) is 3.19. The van der Waals surface area contributed by atoms with E-state index in [1.165, 1.54) is 6.07 Å². The number of hydrogen-bond donors (Lipinski definition) is 2. The summed E-state index contributed by atoms with van der Waals surface area (Å²) in [6.45, 7) is 5.01. The molecule has 7 heteroatoms. The van der Waals surface area contributed by atoms with E-state index in [9.17, 15) is 9.90 Å². The smallest absolute Gasteiger partial charge is 0.348 e. The molecule has 21 heavy (non-hydrogen) atoms. The molecule has 0 saturated carbocycles. The Hall–Kier alpha value is -2.34. The lowest BCUT2D eigenvalue weighted by atomic mass is 10.2. The van der Waals surface area contributed by atoms with Gasteiger partial charge in [-0.3, -0.25) is 5.43 Å². The van der Waals surface area contributed by atoms with Gasteiger partial charge in [-0.1, -0.05) is 11.6 Å². The van der Waals surface area contributed by atoms with Crippen LogP contribution in [0.15, 0.2) is 32.6 Å². The number of aromatic nitrogens is 1. The zero-order valence-electron chi connectivity index (χ0n) is 11.8. The Morgan fingerprint density at radius 2 is 2.14 bits per heavy atom. The average molecular weight is 308 g/mol. The number of hydrazone groups is 1. The summed E-state index contributed by atoms with van der Waals surface area (Å²) in [5, 5.41) is 14.2. The molecular formula is C14H14ClN3O3. The number of halogens is 1. The number of aryl methyl sites for hydroxylation is 2. The molecule has 110 valence electrons. The molecule has 2 N–H and O–H groups in total. The minimum atomic E-state index is -0.654. The molecule has 0 aliphatic rings. The van der Waals surface area contributed by atoms with Crippen LogP contribution < -0.4 is 11.1 Å². The van der Waals surface area contributed by atoms with Gasteiger partial charge in [-0.15, -0.1) is 0 Å². The van der Waals surface area contributed by atoms with E-state index in [2.05, 4.69) is 15.5 Å². The Bertz CT molecular complexity index is 769. The Kier molecular flexibility index (Phi) is 4.28. The number of pyridine rings is 1. The molecule has 0 radical (unpaired) electrons. The number of hydrogen-bond acceptors (Lipinski definition) is 6. The minimum absolute atomic E-state index is 0.00339. The largest absolute Gasteiger partial charge is 0.507 e. The van der Waals surface area contributed by atoms with E-state index in [1.807, 2.05) is 6.92 Å². The zero-order valence-corrected chi connectivity index (χ0v) is 12.5. The number of rotatable bonds is 3. The summed E-state index contributed by atoms with van der Waals surface area (Å²) in [6.07, 6.45) is 1.64. The monoisotopic (exact) mass is 307 g/mol. The Labute approximate surface area is 126 Å². The van der Waals surface area contributed by atoms with Crippen molar-refractivity contribution in [1.29, 1.82) is 0 Å². The lowest BCUT2D eigenvalue weighted by Crippen LogP contribution is -2.14. The Morgan fingerprint density at radius 3 is 2.76 bits per heavy atom. The SMILES string of the molecule is CC(=NNc1ncc(C)cc1Cl)c1c(O)cc(C)oc1=O. The second-order valence-electron chi connectivity index (χ2n) is 4.56. The molecule has 2 aromatic heterocycles. The second-order valence-corrected chi connectivity index (χ2v) is 4.96. The van der Waals surface area contributed by atoms with Crippen LogP contribution in [0.4, 0.5) is 5.82 Å². The maximum atomic E-state index is 11.7. The van der Waals surface area contributed by atoms with Gasteiger partial charge >= 0.3 is 5.63 Å². The summed E-state index contributed by atoms with van der Waals surface area (Å²) in [7, 11) is 0. The third-order valence-electron chi connectivity index (χ3n) is 2.72. The van der Waals surface area contributed by atoms with Crippen molar-refractivity contribution in [2.75, 3.05) is 5.43 Å². The van der Waals surface area contributed by atoms with Gasteiger partial charge in [0, 0.05) is 12.3 Å². The van der Waals surface area contributed by atoms with Crippen molar-refractivity contribution in [3.05, 3.63) is 50.7 Å². The van der Waals surface area contributed by atoms with Crippen LogP contribution in [0.5, 0.6) is 5.75 Å². The molecule has 0 bridgehead atoms. The van der Waals surface area contributed by atoms with E-state index in [1.54, 1.807) is 26.1 Å². The third-order valence-corrected chi connectivity index (χ3v) is 3.01. The summed E-state index contributed by atoms with van der Waals surface area (Å²) < 4.78 is 4.94. The van der Waals surface area contributed by atoms with Crippen molar-refractivity contribution in [2.24, 2.45) is 5.10 Å². The molecule has 0 aliphatic carbocycles. The van der Waals surface area contributed by atoms with Crippen LogP contribution in [0.25, 0.3) is 0 Å². The molecule has 2 heterocycles.